The molecule has 3 nitrogen and oxygen atoms in total. The first-order chi connectivity index (χ1) is 5.96. The fourth-order valence-electron chi connectivity index (χ4n) is 0.886. The topological polar surface area (TPSA) is 43.4 Å². The van der Waals surface area contributed by atoms with E-state index in [1.54, 1.807) is 0 Å². The van der Waals surface area contributed by atoms with Gasteiger partial charge >= 0.3 is 10.2 Å². The van der Waals surface area contributed by atoms with Gasteiger partial charge in [-0.05, 0) is 12.1 Å². The lowest BCUT2D eigenvalue weighted by Crippen LogP contribution is -1.97. The van der Waals surface area contributed by atoms with Crippen LogP contribution in [0.5, 0.6) is 5.75 Å². The fourth-order valence-corrected chi connectivity index (χ4v) is 2.02. The second-order valence-electron chi connectivity index (χ2n) is 2.21. The van der Waals surface area contributed by atoms with Crippen molar-refractivity contribution in [1.29, 1.82) is 0 Å². The molecule has 0 saturated carbocycles. The molecule has 13 heavy (non-hydrogen) atoms. The Labute approximate surface area is 80.3 Å². The van der Waals surface area contributed by atoms with Gasteiger partial charge in [0, 0.05) is 0 Å². The van der Waals surface area contributed by atoms with Gasteiger partial charge in [-0.1, -0.05) is 17.7 Å². The number of methoxy groups -OCH3 is 1. The smallest absolute Gasteiger partial charge is 0.337 e. The summed E-state index contributed by atoms with van der Waals surface area (Å²) >= 11 is 5.49. The highest BCUT2D eigenvalue weighted by atomic mass is 35.5. The first-order valence-corrected chi connectivity index (χ1v) is 5.00. The molecule has 0 fully saturated rings. The highest BCUT2D eigenvalue weighted by molar-refractivity contribution is 7.86. The number of hydrogen-bond donors (Lipinski definition) is 0. The lowest BCUT2D eigenvalue weighted by Gasteiger charge is -2.05. The van der Waals surface area contributed by atoms with Crippen LogP contribution in [0.4, 0.5) is 3.89 Å². The van der Waals surface area contributed by atoms with Crippen LogP contribution >= 0.6 is 11.6 Å². The van der Waals surface area contributed by atoms with Crippen LogP contribution in [-0.2, 0) is 10.2 Å². The van der Waals surface area contributed by atoms with Gasteiger partial charge in [0.1, 0.15) is 5.75 Å². The van der Waals surface area contributed by atoms with E-state index in [1.807, 2.05) is 0 Å². The zero-order chi connectivity index (χ0) is 10.1. The third-order valence-electron chi connectivity index (χ3n) is 1.39. The summed E-state index contributed by atoms with van der Waals surface area (Å²) in [7, 11) is -3.60. The van der Waals surface area contributed by atoms with E-state index in [1.165, 1.54) is 25.3 Å². The van der Waals surface area contributed by atoms with Gasteiger partial charge in [0.15, 0.2) is 4.90 Å². The zero-order valence-electron chi connectivity index (χ0n) is 6.62. The molecule has 0 N–H and O–H groups in total. The third kappa shape index (κ3) is 2.10. The van der Waals surface area contributed by atoms with Gasteiger partial charge in [0.2, 0.25) is 0 Å². The summed E-state index contributed by atoms with van der Waals surface area (Å²) in [5.74, 6) is -0.102. The molecule has 0 aliphatic heterocycles. The molecule has 6 heteroatoms. The molecule has 0 saturated heterocycles. The van der Waals surface area contributed by atoms with E-state index in [2.05, 4.69) is 4.74 Å². The van der Waals surface area contributed by atoms with E-state index < -0.39 is 15.1 Å². The molecule has 0 atom stereocenters. The monoisotopic (exact) mass is 224 g/mol. The van der Waals surface area contributed by atoms with E-state index in [0.29, 0.717) is 0 Å². The lowest BCUT2D eigenvalue weighted by atomic mass is 10.3. The largest absolute Gasteiger partial charge is 0.495 e. The van der Waals surface area contributed by atoms with Crippen LogP contribution in [0.1, 0.15) is 0 Å². The Morgan fingerprint density at radius 1 is 1.46 bits per heavy atom. The lowest BCUT2D eigenvalue weighted by molar-refractivity contribution is 0.401. The van der Waals surface area contributed by atoms with Crippen LogP contribution in [0.3, 0.4) is 0 Å². The second-order valence-corrected chi connectivity index (χ2v) is 3.90. The molecule has 0 unspecified atom stereocenters. The normalized spacial score (nSPS) is 11.3. The van der Waals surface area contributed by atoms with Crippen LogP contribution in [0.2, 0.25) is 5.02 Å². The van der Waals surface area contributed by atoms with E-state index >= 15 is 0 Å². The van der Waals surface area contributed by atoms with Crippen LogP contribution in [0.15, 0.2) is 23.1 Å². The molecule has 1 rings (SSSR count). The van der Waals surface area contributed by atoms with E-state index in [0.717, 1.165) is 0 Å². The minimum atomic E-state index is -4.83. The standard InChI is InChI=1S/C7H6ClFO3S/c1-12-6-4-2-3-5(8)7(6)13(9,10)11/h2-4H,1H3. The Kier molecular flexibility index (Phi) is 2.77. The van der Waals surface area contributed by atoms with E-state index in [9.17, 15) is 12.3 Å². The molecular formula is C7H6ClFO3S. The van der Waals surface area contributed by atoms with Crippen LogP contribution in [0.25, 0.3) is 0 Å². The van der Waals surface area contributed by atoms with Gasteiger partial charge in [-0.3, -0.25) is 0 Å². The Hall–Kier alpha value is -0.810. The third-order valence-corrected chi connectivity index (χ3v) is 2.73. The fraction of sp³-hybridized carbons (Fsp3) is 0.143. The Morgan fingerprint density at radius 3 is 2.46 bits per heavy atom. The van der Waals surface area contributed by atoms with Crippen molar-refractivity contribution in [3.63, 3.8) is 0 Å². The van der Waals surface area contributed by atoms with Crippen molar-refractivity contribution >= 4 is 21.8 Å². The zero-order valence-corrected chi connectivity index (χ0v) is 8.19. The Bertz CT molecular complexity index is 416. The molecule has 0 heterocycles. The summed E-state index contributed by atoms with van der Waals surface area (Å²) in [4.78, 5) is -0.626. The van der Waals surface area contributed by atoms with E-state index in [4.69, 9.17) is 11.6 Å². The van der Waals surface area contributed by atoms with Crippen LogP contribution < -0.4 is 4.74 Å². The first-order valence-electron chi connectivity index (χ1n) is 3.24. The molecule has 1 aromatic carbocycles. The van der Waals surface area contributed by atoms with E-state index in [-0.39, 0.29) is 10.8 Å². The van der Waals surface area contributed by atoms with Crippen molar-refractivity contribution < 1.29 is 17.0 Å². The molecular weight excluding hydrogens is 219 g/mol. The molecule has 0 amide bonds. The SMILES string of the molecule is COc1cccc(Cl)c1S(=O)(=O)F. The molecule has 72 valence electrons. The van der Waals surface area contributed by atoms with Crippen molar-refractivity contribution in [2.75, 3.05) is 7.11 Å². The predicted octanol–water partition coefficient (Wildman–Crippen LogP) is 2.01. The van der Waals surface area contributed by atoms with Crippen molar-refractivity contribution in [2.24, 2.45) is 0 Å². The Balaban J connectivity index is 3.50. The van der Waals surface area contributed by atoms with Crippen LogP contribution in [0, 0.1) is 0 Å². The molecule has 0 spiro atoms. The van der Waals surface area contributed by atoms with Crippen molar-refractivity contribution in [1.82, 2.24) is 0 Å². The van der Waals surface area contributed by atoms with Crippen LogP contribution in [-0.4, -0.2) is 15.5 Å². The van der Waals surface area contributed by atoms with Gasteiger partial charge in [-0.15, -0.1) is 3.89 Å². The molecule has 0 aromatic heterocycles. The number of ether oxygens (including phenoxy) is 1. The maximum absolute atomic E-state index is 12.6. The van der Waals surface area contributed by atoms with Gasteiger partial charge in [-0.25, -0.2) is 0 Å². The number of hydrogen-bond acceptors (Lipinski definition) is 3. The number of benzene rings is 1. The minimum Gasteiger partial charge on any atom is -0.495 e. The number of halogens is 2. The maximum Gasteiger partial charge on any atom is 0.337 e. The molecule has 1 aromatic rings. The van der Waals surface area contributed by atoms with Gasteiger partial charge in [-0.2, -0.15) is 8.42 Å². The quantitative estimate of drug-likeness (QED) is 0.722. The van der Waals surface area contributed by atoms with Gasteiger partial charge in [0.25, 0.3) is 0 Å². The van der Waals surface area contributed by atoms with Crippen molar-refractivity contribution in [3.05, 3.63) is 23.2 Å². The minimum absolute atomic E-state index is 0.102. The molecule has 0 aliphatic carbocycles. The highest BCUT2D eigenvalue weighted by Gasteiger charge is 2.21. The summed E-state index contributed by atoms with van der Waals surface area (Å²) in [6, 6.07) is 4.06. The Morgan fingerprint density at radius 2 is 2.08 bits per heavy atom. The summed E-state index contributed by atoms with van der Waals surface area (Å²) in [5, 5.41) is -0.193. The summed E-state index contributed by atoms with van der Waals surface area (Å²) in [6.45, 7) is 0. The van der Waals surface area contributed by atoms with Crippen molar-refractivity contribution in [3.8, 4) is 5.75 Å². The summed E-state index contributed by atoms with van der Waals surface area (Å²) in [5.41, 5.74) is 0. The predicted molar refractivity (Wildman–Crippen MR) is 46.3 cm³/mol. The second kappa shape index (κ2) is 3.51. The molecule has 0 bridgehead atoms. The average Bonchev–Trinajstić information content (AvgIpc) is 2.01. The summed E-state index contributed by atoms with van der Waals surface area (Å²) < 4.78 is 38.5. The number of rotatable bonds is 2. The highest BCUT2D eigenvalue weighted by Crippen LogP contribution is 2.31. The molecule has 0 radical (unpaired) electrons. The molecule has 0 aliphatic rings. The first kappa shape index (κ1) is 10.3. The van der Waals surface area contributed by atoms with Crippen molar-refractivity contribution in [2.45, 2.75) is 4.90 Å². The van der Waals surface area contributed by atoms with Gasteiger partial charge in [0.05, 0.1) is 12.1 Å². The summed E-state index contributed by atoms with van der Waals surface area (Å²) in [6.07, 6.45) is 0. The van der Waals surface area contributed by atoms with Gasteiger partial charge < -0.3 is 4.74 Å². The average molecular weight is 225 g/mol. The maximum atomic E-state index is 12.6.